The number of Topliss-reactive ketones (excluding diaryl/α,β-unsaturated/α-hetero) is 2. The maximum Gasteiger partial charge on any atom is 0.170 e. The fraction of sp³-hybridized carbons (Fsp3) is 0.474. The summed E-state index contributed by atoms with van der Waals surface area (Å²) in [6.45, 7) is 5.06. The minimum absolute atomic E-state index is 0.147. The number of aryl methyl sites for hydroxylation is 1. The molecule has 0 bridgehead atoms. The molecule has 3 heteroatoms. The summed E-state index contributed by atoms with van der Waals surface area (Å²) < 4.78 is 5.76. The third kappa shape index (κ3) is 12.1. The SMILES string of the molecule is CCCCCCCCCCCCc1ccc(-c2ccc(C(=O)CC(=O)c3cccc(OCCCCC)c3)cc2)cc1. The van der Waals surface area contributed by atoms with Gasteiger partial charge in [0.2, 0.25) is 0 Å². The fourth-order valence-corrected chi connectivity index (χ4v) is 5.18. The molecular weight excluding hydrogens is 504 g/mol. The molecule has 0 fully saturated rings. The van der Waals surface area contributed by atoms with Crippen LogP contribution in [0.1, 0.15) is 130 Å². The first kappa shape index (κ1) is 32.3. The molecule has 220 valence electrons. The third-order valence-electron chi connectivity index (χ3n) is 7.81. The number of unbranched alkanes of at least 4 members (excludes halogenated alkanes) is 11. The molecule has 0 saturated carbocycles. The van der Waals surface area contributed by atoms with Crippen LogP contribution in [0.15, 0.2) is 72.8 Å². The number of benzene rings is 3. The summed E-state index contributed by atoms with van der Waals surface area (Å²) in [5.41, 5.74) is 4.68. The van der Waals surface area contributed by atoms with E-state index in [1.807, 2.05) is 36.4 Å². The zero-order valence-electron chi connectivity index (χ0n) is 25.5. The molecule has 0 aliphatic heterocycles. The first-order chi connectivity index (χ1) is 20.1. The molecule has 0 unspecified atom stereocenters. The molecule has 41 heavy (non-hydrogen) atoms. The van der Waals surface area contributed by atoms with Crippen LogP contribution in [0.25, 0.3) is 11.1 Å². The molecule has 0 spiro atoms. The highest BCUT2D eigenvalue weighted by atomic mass is 16.5. The Morgan fingerprint density at radius 2 is 1.10 bits per heavy atom. The minimum Gasteiger partial charge on any atom is -0.494 e. The van der Waals surface area contributed by atoms with Gasteiger partial charge in [-0.2, -0.15) is 0 Å². The molecule has 3 aromatic rings. The molecule has 0 amide bonds. The summed E-state index contributed by atoms with van der Waals surface area (Å²) in [5.74, 6) is 0.331. The van der Waals surface area contributed by atoms with Gasteiger partial charge in [0, 0.05) is 11.1 Å². The van der Waals surface area contributed by atoms with Crippen LogP contribution in [-0.4, -0.2) is 18.2 Å². The van der Waals surface area contributed by atoms with E-state index in [0.717, 1.165) is 36.8 Å². The number of hydrogen-bond acceptors (Lipinski definition) is 3. The molecule has 0 heterocycles. The van der Waals surface area contributed by atoms with E-state index in [1.165, 1.54) is 69.8 Å². The molecule has 0 aliphatic carbocycles. The average Bonchev–Trinajstić information content (AvgIpc) is 3.01. The summed E-state index contributed by atoms with van der Waals surface area (Å²) in [6.07, 6.45) is 17.8. The van der Waals surface area contributed by atoms with E-state index in [4.69, 9.17) is 4.74 Å². The Hall–Kier alpha value is -3.20. The Labute approximate surface area is 248 Å². The van der Waals surface area contributed by atoms with Crippen molar-refractivity contribution in [3.05, 3.63) is 89.5 Å². The van der Waals surface area contributed by atoms with Crippen LogP contribution in [0.2, 0.25) is 0 Å². The largest absolute Gasteiger partial charge is 0.494 e. The number of hydrogen-bond donors (Lipinski definition) is 0. The van der Waals surface area contributed by atoms with Crippen LogP contribution in [0.4, 0.5) is 0 Å². The number of carbonyl (C=O) groups is 2. The van der Waals surface area contributed by atoms with Gasteiger partial charge in [0.1, 0.15) is 5.75 Å². The zero-order valence-corrected chi connectivity index (χ0v) is 25.5. The highest BCUT2D eigenvalue weighted by Crippen LogP contribution is 2.23. The van der Waals surface area contributed by atoms with E-state index >= 15 is 0 Å². The lowest BCUT2D eigenvalue weighted by molar-refractivity contribution is 0.0894. The number of rotatable bonds is 21. The summed E-state index contributed by atoms with van der Waals surface area (Å²) in [7, 11) is 0. The zero-order chi connectivity index (χ0) is 29.1. The van der Waals surface area contributed by atoms with Crippen molar-refractivity contribution in [2.75, 3.05) is 6.61 Å². The Bertz CT molecular complexity index is 1160. The van der Waals surface area contributed by atoms with Crippen molar-refractivity contribution in [1.29, 1.82) is 0 Å². The lowest BCUT2D eigenvalue weighted by Gasteiger charge is -2.08. The highest BCUT2D eigenvalue weighted by molar-refractivity contribution is 6.13. The van der Waals surface area contributed by atoms with Crippen molar-refractivity contribution < 1.29 is 14.3 Å². The quantitative estimate of drug-likeness (QED) is 0.0747. The molecular formula is C38H50O3. The van der Waals surface area contributed by atoms with Gasteiger partial charge < -0.3 is 4.74 Å². The van der Waals surface area contributed by atoms with Crippen molar-refractivity contribution >= 4 is 11.6 Å². The molecule has 0 aromatic heterocycles. The second-order valence-electron chi connectivity index (χ2n) is 11.3. The van der Waals surface area contributed by atoms with Crippen LogP contribution in [0.5, 0.6) is 5.75 Å². The van der Waals surface area contributed by atoms with Crippen LogP contribution >= 0.6 is 0 Å². The van der Waals surface area contributed by atoms with Crippen molar-refractivity contribution in [1.82, 2.24) is 0 Å². The minimum atomic E-state index is -0.184. The normalized spacial score (nSPS) is 11.0. The van der Waals surface area contributed by atoms with Crippen molar-refractivity contribution in [3.8, 4) is 16.9 Å². The van der Waals surface area contributed by atoms with Gasteiger partial charge in [-0.05, 0) is 48.1 Å². The average molecular weight is 555 g/mol. The smallest absolute Gasteiger partial charge is 0.170 e. The topological polar surface area (TPSA) is 43.4 Å². The predicted octanol–water partition coefficient (Wildman–Crippen LogP) is 10.8. The van der Waals surface area contributed by atoms with Crippen molar-refractivity contribution in [2.24, 2.45) is 0 Å². The van der Waals surface area contributed by atoms with Crippen LogP contribution < -0.4 is 4.74 Å². The van der Waals surface area contributed by atoms with E-state index in [0.29, 0.717) is 23.5 Å². The number of carbonyl (C=O) groups excluding carboxylic acids is 2. The number of ketones is 2. The molecule has 0 radical (unpaired) electrons. The summed E-state index contributed by atoms with van der Waals surface area (Å²) in [5, 5.41) is 0. The Kier molecular flexibility index (Phi) is 15.0. The van der Waals surface area contributed by atoms with E-state index in [2.05, 4.69) is 38.1 Å². The van der Waals surface area contributed by atoms with Crippen LogP contribution in [-0.2, 0) is 6.42 Å². The van der Waals surface area contributed by atoms with E-state index < -0.39 is 0 Å². The van der Waals surface area contributed by atoms with E-state index in [9.17, 15) is 9.59 Å². The summed E-state index contributed by atoms with van der Waals surface area (Å²) >= 11 is 0. The van der Waals surface area contributed by atoms with E-state index in [-0.39, 0.29) is 18.0 Å². The second-order valence-corrected chi connectivity index (χ2v) is 11.3. The maximum atomic E-state index is 12.8. The third-order valence-corrected chi connectivity index (χ3v) is 7.81. The lowest BCUT2D eigenvalue weighted by atomic mass is 9.97. The second kappa shape index (κ2) is 19.0. The molecule has 0 aliphatic rings. The predicted molar refractivity (Wildman–Crippen MR) is 172 cm³/mol. The van der Waals surface area contributed by atoms with Crippen molar-refractivity contribution in [3.63, 3.8) is 0 Å². The first-order valence-corrected chi connectivity index (χ1v) is 16.1. The number of ether oxygens (including phenoxy) is 1. The highest BCUT2D eigenvalue weighted by Gasteiger charge is 2.15. The van der Waals surface area contributed by atoms with Gasteiger partial charge in [0.15, 0.2) is 11.6 Å². The monoisotopic (exact) mass is 554 g/mol. The molecule has 3 rings (SSSR count). The van der Waals surface area contributed by atoms with Gasteiger partial charge >= 0.3 is 0 Å². The van der Waals surface area contributed by atoms with Gasteiger partial charge in [-0.15, -0.1) is 0 Å². The van der Waals surface area contributed by atoms with Gasteiger partial charge in [-0.3, -0.25) is 9.59 Å². The lowest BCUT2D eigenvalue weighted by Crippen LogP contribution is -2.09. The van der Waals surface area contributed by atoms with Crippen LogP contribution in [0, 0.1) is 0 Å². The fourth-order valence-electron chi connectivity index (χ4n) is 5.18. The van der Waals surface area contributed by atoms with Gasteiger partial charge in [-0.1, -0.05) is 145 Å². The van der Waals surface area contributed by atoms with Crippen LogP contribution in [0.3, 0.4) is 0 Å². The Balaban J connectivity index is 1.41. The molecule has 0 saturated heterocycles. The molecule has 3 nitrogen and oxygen atoms in total. The Morgan fingerprint density at radius 1 is 0.561 bits per heavy atom. The molecule has 0 atom stereocenters. The standard InChI is InChI=1S/C38H50O3/c1-3-5-7-8-9-10-11-12-13-14-17-31-20-22-32(23-21-31)33-24-26-34(27-25-33)37(39)30-38(40)35-18-16-19-36(29-35)41-28-15-6-4-2/h16,18-27,29H,3-15,17,28,30H2,1-2H3. The van der Waals surface area contributed by atoms with Gasteiger partial charge in [0.05, 0.1) is 13.0 Å². The summed E-state index contributed by atoms with van der Waals surface area (Å²) in [6, 6.07) is 23.5. The first-order valence-electron chi connectivity index (χ1n) is 16.1. The summed E-state index contributed by atoms with van der Waals surface area (Å²) in [4.78, 5) is 25.6. The molecule has 0 N–H and O–H groups in total. The molecule has 3 aromatic carbocycles. The van der Waals surface area contributed by atoms with Gasteiger partial charge in [-0.25, -0.2) is 0 Å². The van der Waals surface area contributed by atoms with Gasteiger partial charge in [0.25, 0.3) is 0 Å². The van der Waals surface area contributed by atoms with E-state index in [1.54, 1.807) is 12.1 Å². The van der Waals surface area contributed by atoms with Crippen molar-refractivity contribution in [2.45, 2.75) is 110 Å². The Morgan fingerprint density at radius 3 is 1.73 bits per heavy atom. The maximum absolute atomic E-state index is 12.8.